The highest BCUT2D eigenvalue weighted by atomic mass is 16.2. The Balaban J connectivity index is 1.95. The summed E-state index contributed by atoms with van der Waals surface area (Å²) >= 11 is 0. The van der Waals surface area contributed by atoms with Gasteiger partial charge in [0.15, 0.2) is 0 Å². The molecule has 3 nitrogen and oxygen atoms in total. The molecule has 1 aromatic rings. The van der Waals surface area contributed by atoms with Crippen LogP contribution >= 0.6 is 0 Å². The Kier molecular flexibility index (Phi) is 4.29. The average molecular weight is 286 g/mol. The summed E-state index contributed by atoms with van der Waals surface area (Å²) in [5.74, 6) is 0.266. The first-order valence-electron chi connectivity index (χ1n) is 8.29. The fourth-order valence-electron chi connectivity index (χ4n) is 4.10. The quantitative estimate of drug-likeness (QED) is 0.906. The lowest BCUT2D eigenvalue weighted by molar-refractivity contribution is -0.138. The molecule has 3 heteroatoms. The molecule has 0 saturated heterocycles. The molecule has 1 saturated carbocycles. The van der Waals surface area contributed by atoms with E-state index in [0.717, 1.165) is 12.0 Å². The van der Waals surface area contributed by atoms with Gasteiger partial charge in [0, 0.05) is 12.1 Å². The van der Waals surface area contributed by atoms with Crippen LogP contribution in [0.25, 0.3) is 0 Å². The molecule has 1 aliphatic heterocycles. The number of benzene rings is 1. The van der Waals surface area contributed by atoms with Crippen molar-refractivity contribution < 1.29 is 4.79 Å². The summed E-state index contributed by atoms with van der Waals surface area (Å²) in [5.41, 5.74) is 2.48. The second kappa shape index (κ2) is 6.18. The number of carbonyl (C=O) groups excluding carboxylic acids is 1. The van der Waals surface area contributed by atoms with E-state index >= 15 is 0 Å². The van der Waals surface area contributed by atoms with Crippen molar-refractivity contribution in [2.45, 2.75) is 63.6 Å². The zero-order valence-electron chi connectivity index (χ0n) is 13.1. The van der Waals surface area contributed by atoms with Gasteiger partial charge in [0.25, 0.3) is 0 Å². The highest BCUT2D eigenvalue weighted by Gasteiger charge is 2.37. The van der Waals surface area contributed by atoms with Crippen molar-refractivity contribution in [2.75, 3.05) is 7.05 Å². The second-order valence-electron chi connectivity index (χ2n) is 6.51. The molecule has 0 aromatic heterocycles. The summed E-state index contributed by atoms with van der Waals surface area (Å²) < 4.78 is 0. The molecule has 0 radical (unpaired) electrons. The van der Waals surface area contributed by atoms with Crippen molar-refractivity contribution in [3.8, 4) is 0 Å². The van der Waals surface area contributed by atoms with E-state index in [2.05, 4.69) is 35.3 Å². The maximum Gasteiger partial charge on any atom is 0.244 e. The number of fused-ring (bicyclic) bond motifs is 1. The number of amides is 1. The van der Waals surface area contributed by atoms with E-state index in [1.54, 1.807) is 0 Å². The summed E-state index contributed by atoms with van der Waals surface area (Å²) in [4.78, 5) is 15.3. The van der Waals surface area contributed by atoms with Gasteiger partial charge >= 0.3 is 0 Å². The van der Waals surface area contributed by atoms with Crippen LogP contribution in [0.15, 0.2) is 24.3 Å². The molecule has 1 amide bonds. The van der Waals surface area contributed by atoms with Crippen LogP contribution in [0.3, 0.4) is 0 Å². The standard InChI is InChI=1S/C18H26N2O/c1-13-12-14-8-6-7-11-16(14)17(19-2)18(21)20(13)15-9-4-3-5-10-15/h6-8,11,13,15,17,19H,3-5,9-10,12H2,1-2H3. The zero-order chi connectivity index (χ0) is 14.8. The van der Waals surface area contributed by atoms with Crippen LogP contribution in [-0.2, 0) is 11.2 Å². The zero-order valence-corrected chi connectivity index (χ0v) is 13.1. The van der Waals surface area contributed by atoms with Gasteiger partial charge in [0.2, 0.25) is 5.91 Å². The lowest BCUT2D eigenvalue weighted by atomic mass is 9.92. The van der Waals surface area contributed by atoms with Gasteiger partial charge in [-0.3, -0.25) is 4.79 Å². The third-order valence-electron chi connectivity index (χ3n) is 5.11. The van der Waals surface area contributed by atoms with Crippen LogP contribution in [0, 0.1) is 0 Å². The number of nitrogens with one attached hydrogen (secondary N) is 1. The van der Waals surface area contributed by atoms with Gasteiger partial charge in [-0.15, -0.1) is 0 Å². The van der Waals surface area contributed by atoms with Crippen LogP contribution in [0.2, 0.25) is 0 Å². The van der Waals surface area contributed by atoms with E-state index in [0.29, 0.717) is 12.1 Å². The van der Waals surface area contributed by atoms with Crippen LogP contribution in [0.5, 0.6) is 0 Å². The van der Waals surface area contributed by atoms with E-state index in [4.69, 9.17) is 0 Å². The Morgan fingerprint density at radius 3 is 2.57 bits per heavy atom. The summed E-state index contributed by atoms with van der Waals surface area (Å²) in [6.45, 7) is 2.21. The fourth-order valence-corrected chi connectivity index (χ4v) is 4.10. The monoisotopic (exact) mass is 286 g/mol. The van der Waals surface area contributed by atoms with Crippen molar-refractivity contribution in [1.82, 2.24) is 10.2 Å². The highest BCUT2D eigenvalue weighted by molar-refractivity contribution is 5.85. The molecule has 1 aromatic carbocycles. The fraction of sp³-hybridized carbons (Fsp3) is 0.611. The van der Waals surface area contributed by atoms with Crippen molar-refractivity contribution in [3.05, 3.63) is 35.4 Å². The number of hydrogen-bond acceptors (Lipinski definition) is 2. The molecule has 1 aliphatic carbocycles. The van der Waals surface area contributed by atoms with Gasteiger partial charge < -0.3 is 10.2 Å². The summed E-state index contributed by atoms with van der Waals surface area (Å²) in [6, 6.07) is 8.94. The van der Waals surface area contributed by atoms with Crippen molar-refractivity contribution in [1.29, 1.82) is 0 Å². The van der Waals surface area contributed by atoms with Gasteiger partial charge in [0.1, 0.15) is 6.04 Å². The van der Waals surface area contributed by atoms with Crippen LogP contribution in [0.4, 0.5) is 0 Å². The van der Waals surface area contributed by atoms with Gasteiger partial charge in [-0.05, 0) is 44.4 Å². The summed E-state index contributed by atoms with van der Waals surface area (Å²) in [6.07, 6.45) is 7.15. The maximum absolute atomic E-state index is 13.1. The van der Waals surface area contributed by atoms with Crippen molar-refractivity contribution in [3.63, 3.8) is 0 Å². The Labute approximate surface area is 127 Å². The minimum Gasteiger partial charge on any atom is -0.335 e. The van der Waals surface area contributed by atoms with Crippen molar-refractivity contribution >= 4 is 5.91 Å². The predicted molar refractivity (Wildman–Crippen MR) is 85.1 cm³/mol. The molecule has 114 valence electrons. The molecule has 1 heterocycles. The first-order valence-corrected chi connectivity index (χ1v) is 8.29. The summed E-state index contributed by atoms with van der Waals surface area (Å²) in [7, 11) is 1.90. The second-order valence-corrected chi connectivity index (χ2v) is 6.51. The number of nitrogens with zero attached hydrogens (tertiary/aromatic N) is 1. The normalized spacial score (nSPS) is 27.3. The smallest absolute Gasteiger partial charge is 0.244 e. The third-order valence-corrected chi connectivity index (χ3v) is 5.11. The van der Waals surface area contributed by atoms with E-state index in [1.807, 2.05) is 13.1 Å². The van der Waals surface area contributed by atoms with Crippen molar-refractivity contribution in [2.24, 2.45) is 0 Å². The lowest BCUT2D eigenvalue weighted by Gasteiger charge is -2.39. The highest BCUT2D eigenvalue weighted by Crippen LogP contribution is 2.32. The molecule has 2 aliphatic rings. The molecule has 1 N–H and O–H groups in total. The average Bonchev–Trinajstić information content (AvgIpc) is 2.61. The first kappa shape index (κ1) is 14.6. The lowest BCUT2D eigenvalue weighted by Crippen LogP contribution is -2.49. The Morgan fingerprint density at radius 2 is 1.86 bits per heavy atom. The first-order chi connectivity index (χ1) is 10.2. The van der Waals surface area contributed by atoms with Gasteiger partial charge in [-0.1, -0.05) is 43.5 Å². The minimum atomic E-state index is -0.187. The topological polar surface area (TPSA) is 32.3 Å². The number of hydrogen-bond donors (Lipinski definition) is 1. The van der Waals surface area contributed by atoms with E-state index in [9.17, 15) is 4.79 Å². The Morgan fingerprint density at radius 1 is 1.14 bits per heavy atom. The summed E-state index contributed by atoms with van der Waals surface area (Å²) in [5, 5.41) is 3.25. The molecule has 0 spiro atoms. The molecule has 3 rings (SSSR count). The molecular formula is C18H26N2O. The molecule has 21 heavy (non-hydrogen) atoms. The van der Waals surface area contributed by atoms with Gasteiger partial charge in [-0.2, -0.15) is 0 Å². The SMILES string of the molecule is CNC1C(=O)N(C2CCCCC2)C(C)Cc2ccccc21. The van der Waals surface area contributed by atoms with Gasteiger partial charge in [0.05, 0.1) is 0 Å². The molecule has 1 fully saturated rings. The third kappa shape index (κ3) is 2.71. The maximum atomic E-state index is 13.1. The van der Waals surface area contributed by atoms with Gasteiger partial charge in [-0.25, -0.2) is 0 Å². The van der Waals surface area contributed by atoms with E-state index in [-0.39, 0.29) is 11.9 Å². The van der Waals surface area contributed by atoms with Crippen LogP contribution < -0.4 is 5.32 Å². The van der Waals surface area contributed by atoms with E-state index in [1.165, 1.54) is 37.7 Å². The largest absolute Gasteiger partial charge is 0.335 e. The number of rotatable bonds is 2. The molecule has 2 atom stereocenters. The van der Waals surface area contributed by atoms with E-state index < -0.39 is 0 Å². The number of likely N-dealkylation sites (N-methyl/N-ethyl adjacent to an activating group) is 1. The van der Waals surface area contributed by atoms with Crippen LogP contribution in [0.1, 0.15) is 56.2 Å². The predicted octanol–water partition coefficient (Wildman–Crippen LogP) is 3.05. The van der Waals surface area contributed by atoms with Crippen LogP contribution in [-0.4, -0.2) is 29.9 Å². The molecule has 2 unspecified atom stereocenters. The molecule has 0 bridgehead atoms. The Bertz CT molecular complexity index is 508. The number of carbonyl (C=O) groups is 1. The Hall–Kier alpha value is -1.35. The minimum absolute atomic E-state index is 0.187. The molecular weight excluding hydrogens is 260 g/mol.